The molecule has 0 saturated heterocycles. The van der Waals surface area contributed by atoms with Crippen molar-refractivity contribution in [1.82, 2.24) is 0 Å². The highest BCUT2D eigenvalue weighted by molar-refractivity contribution is 6.00. The first-order valence-electron chi connectivity index (χ1n) is 24.3. The molecule has 2 nitrogen and oxygen atoms in total. The van der Waals surface area contributed by atoms with Gasteiger partial charge in [-0.25, -0.2) is 0 Å². The van der Waals surface area contributed by atoms with Crippen molar-refractivity contribution in [3.05, 3.63) is 132 Å². The molecule has 0 spiro atoms. The van der Waals surface area contributed by atoms with Crippen molar-refractivity contribution in [1.29, 1.82) is 0 Å². The van der Waals surface area contributed by atoms with Crippen LogP contribution in [0.25, 0.3) is 16.3 Å². The van der Waals surface area contributed by atoms with E-state index in [1.807, 2.05) is 0 Å². The van der Waals surface area contributed by atoms with Gasteiger partial charge in [-0.15, -0.1) is 0 Å². The first kappa shape index (κ1) is 37.9. The van der Waals surface area contributed by atoms with E-state index in [0.717, 1.165) is 23.7 Å². The van der Waals surface area contributed by atoms with Crippen molar-refractivity contribution in [2.24, 2.45) is 46.8 Å². The molecule has 0 radical (unpaired) electrons. The number of anilines is 3. The SMILES string of the molecule is CC(C)(C)C1CCC(C2C=C(N(C3=CC=C(c4ccc(N5c6c(ccc7ccccc67)C6C7CCCCC7CCC65)cc4)C4CCCC34)c3ccccc3)CCC2)CC1. The number of fused-ring (bicyclic) bond motifs is 8. The zero-order chi connectivity index (χ0) is 39.7. The van der Waals surface area contributed by atoms with E-state index < -0.39 is 0 Å². The molecule has 0 amide bonds. The zero-order valence-corrected chi connectivity index (χ0v) is 36.3. The Hall–Kier alpha value is -4.04. The molecule has 306 valence electrons. The molecule has 59 heavy (non-hydrogen) atoms. The summed E-state index contributed by atoms with van der Waals surface area (Å²) in [5.74, 6) is 5.96. The third-order valence-electron chi connectivity index (χ3n) is 17.3. The highest BCUT2D eigenvalue weighted by atomic mass is 15.2. The molecule has 4 saturated carbocycles. The van der Waals surface area contributed by atoms with Crippen molar-refractivity contribution >= 4 is 33.4 Å². The third kappa shape index (κ3) is 6.75. The average Bonchev–Trinajstić information content (AvgIpc) is 3.91. The molecule has 4 aromatic carbocycles. The summed E-state index contributed by atoms with van der Waals surface area (Å²) >= 11 is 0. The summed E-state index contributed by atoms with van der Waals surface area (Å²) < 4.78 is 0. The Balaban J connectivity index is 0.917. The van der Waals surface area contributed by atoms with Crippen LogP contribution in [0.4, 0.5) is 17.1 Å². The number of hydrogen-bond acceptors (Lipinski definition) is 2. The first-order chi connectivity index (χ1) is 28.9. The van der Waals surface area contributed by atoms with Crippen LogP contribution >= 0.6 is 0 Å². The number of benzene rings is 4. The van der Waals surface area contributed by atoms with Crippen LogP contribution in [0.3, 0.4) is 0 Å². The van der Waals surface area contributed by atoms with Crippen LogP contribution in [0.1, 0.15) is 141 Å². The summed E-state index contributed by atoms with van der Waals surface area (Å²) in [7, 11) is 0. The Kier molecular flexibility index (Phi) is 9.93. The third-order valence-corrected chi connectivity index (χ3v) is 17.3. The smallest absolute Gasteiger partial charge is 0.0529 e. The molecule has 0 bridgehead atoms. The van der Waals surface area contributed by atoms with Crippen LogP contribution in [0.15, 0.2) is 121 Å². The van der Waals surface area contributed by atoms with Crippen LogP contribution in [-0.4, -0.2) is 6.04 Å². The van der Waals surface area contributed by atoms with Crippen LogP contribution in [0.2, 0.25) is 0 Å². The van der Waals surface area contributed by atoms with Gasteiger partial charge in [0.1, 0.15) is 0 Å². The van der Waals surface area contributed by atoms with E-state index in [0.29, 0.717) is 35.1 Å². The summed E-state index contributed by atoms with van der Waals surface area (Å²) in [5, 5.41) is 2.81. The maximum atomic E-state index is 2.82. The minimum atomic E-state index is 0.440. The van der Waals surface area contributed by atoms with Crippen LogP contribution < -0.4 is 9.80 Å². The second kappa shape index (κ2) is 15.5. The summed E-state index contributed by atoms with van der Waals surface area (Å²) in [6.07, 6.45) is 29.6. The topological polar surface area (TPSA) is 6.48 Å². The lowest BCUT2D eigenvalue weighted by molar-refractivity contribution is 0.130. The maximum Gasteiger partial charge on any atom is 0.0529 e. The van der Waals surface area contributed by atoms with Crippen molar-refractivity contribution < 1.29 is 0 Å². The van der Waals surface area contributed by atoms with Gasteiger partial charge in [0.05, 0.1) is 5.69 Å². The van der Waals surface area contributed by atoms with Gasteiger partial charge in [-0.05, 0) is 170 Å². The van der Waals surface area contributed by atoms with Gasteiger partial charge >= 0.3 is 0 Å². The normalized spacial score (nSPS) is 31.7. The van der Waals surface area contributed by atoms with Crippen LogP contribution in [0, 0.1) is 46.8 Å². The van der Waals surface area contributed by atoms with Gasteiger partial charge in [-0.3, -0.25) is 0 Å². The molecule has 7 unspecified atom stereocenters. The fraction of sp³-hybridized carbons (Fsp3) is 0.509. The Morgan fingerprint density at radius 2 is 1.37 bits per heavy atom. The fourth-order valence-corrected chi connectivity index (χ4v) is 14.4. The largest absolute Gasteiger partial charge is 0.337 e. The number of para-hydroxylation sites is 1. The lowest BCUT2D eigenvalue weighted by Crippen LogP contribution is -2.41. The van der Waals surface area contributed by atoms with E-state index in [-0.39, 0.29) is 0 Å². The Morgan fingerprint density at radius 1 is 0.610 bits per heavy atom. The van der Waals surface area contributed by atoms with Gasteiger partial charge in [0, 0.05) is 46.0 Å². The Labute approximate surface area is 355 Å². The number of allylic oxidation sites excluding steroid dienone is 6. The predicted octanol–water partition coefficient (Wildman–Crippen LogP) is 15.8. The van der Waals surface area contributed by atoms with Crippen LogP contribution in [0.5, 0.6) is 0 Å². The molecule has 0 N–H and O–H groups in total. The summed E-state index contributed by atoms with van der Waals surface area (Å²) in [6.45, 7) is 7.38. The lowest BCUT2D eigenvalue weighted by Gasteiger charge is -2.45. The van der Waals surface area contributed by atoms with Crippen molar-refractivity contribution in [3.8, 4) is 0 Å². The van der Waals surface area contributed by atoms with Crippen LogP contribution in [-0.2, 0) is 0 Å². The monoisotopic (exact) mass is 781 g/mol. The van der Waals surface area contributed by atoms with Gasteiger partial charge in [0.2, 0.25) is 0 Å². The molecule has 7 aliphatic rings. The maximum absolute atomic E-state index is 2.82. The highest BCUT2D eigenvalue weighted by Crippen LogP contribution is 2.59. The number of nitrogens with zero attached hydrogens (tertiary/aromatic N) is 2. The van der Waals surface area contributed by atoms with Gasteiger partial charge < -0.3 is 9.80 Å². The van der Waals surface area contributed by atoms with E-state index >= 15 is 0 Å². The molecule has 6 aliphatic carbocycles. The fourth-order valence-electron chi connectivity index (χ4n) is 14.4. The van der Waals surface area contributed by atoms with E-state index in [9.17, 15) is 0 Å². The minimum Gasteiger partial charge on any atom is -0.337 e. The molecule has 7 atom stereocenters. The van der Waals surface area contributed by atoms with Crippen molar-refractivity contribution in [2.75, 3.05) is 9.80 Å². The van der Waals surface area contributed by atoms with E-state index in [1.165, 1.54) is 136 Å². The quantitative estimate of drug-likeness (QED) is 0.192. The first-order valence-corrected chi connectivity index (χ1v) is 24.3. The summed E-state index contributed by atoms with van der Waals surface area (Å²) in [6, 6.07) is 36.1. The second-order valence-electron chi connectivity index (χ2n) is 21.2. The molecule has 4 fully saturated rings. The molecule has 2 heteroatoms. The van der Waals surface area contributed by atoms with Gasteiger partial charge in [-0.2, -0.15) is 0 Å². The van der Waals surface area contributed by atoms with Crippen molar-refractivity contribution in [2.45, 2.75) is 135 Å². The van der Waals surface area contributed by atoms with Crippen molar-refractivity contribution in [3.63, 3.8) is 0 Å². The highest BCUT2D eigenvalue weighted by Gasteiger charge is 2.49. The van der Waals surface area contributed by atoms with Gasteiger partial charge in [0.25, 0.3) is 0 Å². The molecule has 4 aromatic rings. The molecular weight excluding hydrogens is 713 g/mol. The van der Waals surface area contributed by atoms with E-state index in [4.69, 9.17) is 0 Å². The molecule has 1 aliphatic heterocycles. The van der Waals surface area contributed by atoms with E-state index in [2.05, 4.69) is 140 Å². The number of rotatable bonds is 6. The molecule has 11 rings (SSSR count). The number of hydrogen-bond donors (Lipinski definition) is 0. The summed E-state index contributed by atoms with van der Waals surface area (Å²) in [5.41, 5.74) is 12.4. The predicted molar refractivity (Wildman–Crippen MR) is 250 cm³/mol. The molecular formula is C57H68N2. The molecule has 0 aromatic heterocycles. The zero-order valence-electron chi connectivity index (χ0n) is 36.3. The lowest BCUT2D eigenvalue weighted by atomic mass is 9.63. The average molecular weight is 781 g/mol. The standard InChI is InChI=1S/C57H68N2/c1-57(2,3)43-29-23-38(24-30-43)42-15-11-18-46(37-42)58(44-16-5-4-6-17-44)53-36-34-47(50-21-12-22-51(50)53)41-25-31-45(32-26-41)59-54-35-28-39-13-7-9-19-48(39)55(54)52-33-27-40-14-8-10-20-49(40)56(52)59/h4-6,8,10,14,16-17,20,25-27,31-34,36-39,42-43,48,50-51,54-55H,7,9,11-13,15,18-19,21-24,28-30,35H2,1-3H3. The molecule has 1 heterocycles. The van der Waals surface area contributed by atoms with Gasteiger partial charge in [0.15, 0.2) is 0 Å². The second-order valence-corrected chi connectivity index (χ2v) is 21.2. The van der Waals surface area contributed by atoms with Gasteiger partial charge in [-0.1, -0.05) is 125 Å². The minimum absolute atomic E-state index is 0.440. The van der Waals surface area contributed by atoms with E-state index in [1.54, 1.807) is 22.5 Å². The Bertz CT molecular complexity index is 2240. The Morgan fingerprint density at radius 3 is 2.20 bits per heavy atom. The summed E-state index contributed by atoms with van der Waals surface area (Å²) in [4.78, 5) is 5.57.